The first-order valence-corrected chi connectivity index (χ1v) is 20.5. The number of benzene rings is 1. The van der Waals surface area contributed by atoms with Crippen LogP contribution in [0.1, 0.15) is 94.6 Å². The lowest BCUT2D eigenvalue weighted by Gasteiger charge is -2.30. The highest BCUT2D eigenvalue weighted by Crippen LogP contribution is 2.46. The minimum Gasteiger partial charge on any atom is -0.444 e. The number of rotatable bonds is 6. The Hall–Kier alpha value is -3.79. The number of carbonyl (C=O) groups is 4. The van der Waals surface area contributed by atoms with Crippen molar-refractivity contribution < 1.29 is 36.7 Å². The summed E-state index contributed by atoms with van der Waals surface area (Å²) in [5.41, 5.74) is -0.402. The number of halogens is 1. The van der Waals surface area contributed by atoms with E-state index in [2.05, 4.69) is 20.7 Å². The maximum Gasteiger partial charge on any atom is 0.410 e. The Morgan fingerprint density at radius 1 is 1.00 bits per heavy atom. The zero-order valence-corrected chi connectivity index (χ0v) is 30.7. The molecule has 282 valence electrons. The van der Waals surface area contributed by atoms with Crippen LogP contribution in [0.25, 0.3) is 0 Å². The number of nitrogens with one attached hydrogen (secondary N) is 4. The van der Waals surface area contributed by atoms with Crippen LogP contribution in [0.2, 0.25) is 0 Å². The lowest BCUT2D eigenvalue weighted by Crippen LogP contribution is -2.59. The van der Waals surface area contributed by atoms with Crippen molar-refractivity contribution in [3.8, 4) is 0 Å². The van der Waals surface area contributed by atoms with Gasteiger partial charge in [0.15, 0.2) is 5.11 Å². The van der Waals surface area contributed by atoms with E-state index in [-0.39, 0.29) is 44.4 Å². The number of hydrogen-bond donors (Lipinski definition) is 4. The molecule has 0 unspecified atom stereocenters. The summed E-state index contributed by atoms with van der Waals surface area (Å²) in [7, 11) is -3.89. The summed E-state index contributed by atoms with van der Waals surface area (Å²) >= 11 is 5.65. The molecule has 0 radical (unpaired) electrons. The Labute approximate surface area is 308 Å². The topological polar surface area (TPSA) is 166 Å². The van der Waals surface area contributed by atoms with E-state index in [0.29, 0.717) is 41.9 Å². The average molecular weight is 759 g/mol. The molecule has 3 aliphatic carbocycles. The Morgan fingerprint density at radius 3 is 2.52 bits per heavy atom. The molecule has 16 heteroatoms. The maximum absolute atomic E-state index is 14.5. The van der Waals surface area contributed by atoms with Gasteiger partial charge in [0, 0.05) is 30.5 Å². The van der Waals surface area contributed by atoms with Gasteiger partial charge in [-0.2, -0.15) is 0 Å². The van der Waals surface area contributed by atoms with E-state index >= 15 is 0 Å². The molecule has 3 heterocycles. The molecule has 5 atom stereocenters. The summed E-state index contributed by atoms with van der Waals surface area (Å²) in [6.07, 6.45) is 11.1. The molecule has 4 fully saturated rings. The minimum absolute atomic E-state index is 0.0356. The fraction of sp³-hybridized carbons (Fsp3) is 0.639. The van der Waals surface area contributed by atoms with Crippen LogP contribution in [-0.2, 0) is 42.2 Å². The summed E-state index contributed by atoms with van der Waals surface area (Å²) in [6.45, 7) is 0.115. The van der Waals surface area contributed by atoms with Crippen molar-refractivity contribution >= 4 is 51.2 Å². The van der Waals surface area contributed by atoms with Gasteiger partial charge in [0.25, 0.3) is 5.91 Å². The normalized spacial score (nSPS) is 29.6. The van der Waals surface area contributed by atoms with Crippen LogP contribution in [0, 0.1) is 11.7 Å². The highest BCUT2D eigenvalue weighted by molar-refractivity contribution is 7.91. The van der Waals surface area contributed by atoms with Crippen LogP contribution >= 0.6 is 12.2 Å². The first-order valence-electron chi connectivity index (χ1n) is 18.6. The number of amides is 4. The lowest BCUT2D eigenvalue weighted by atomic mass is 10.0. The average Bonchev–Trinajstić information content (AvgIpc) is 3.88. The third-order valence-electron chi connectivity index (χ3n) is 11.3. The van der Waals surface area contributed by atoms with E-state index < -0.39 is 68.6 Å². The molecule has 52 heavy (non-hydrogen) atoms. The smallest absolute Gasteiger partial charge is 0.410 e. The predicted molar refractivity (Wildman–Crippen MR) is 192 cm³/mol. The van der Waals surface area contributed by atoms with E-state index in [9.17, 15) is 32.0 Å². The zero-order chi connectivity index (χ0) is 36.6. The molecule has 4 N–H and O–H groups in total. The summed E-state index contributed by atoms with van der Waals surface area (Å²) < 4.78 is 48.1. The number of hydrogen-bond acceptors (Lipinski definition) is 8. The quantitative estimate of drug-likeness (QED) is 0.250. The van der Waals surface area contributed by atoms with Gasteiger partial charge < -0.3 is 25.6 Å². The largest absolute Gasteiger partial charge is 0.444 e. The molecule has 1 aromatic carbocycles. The number of nitrogens with zero attached hydrogens (tertiary/aromatic N) is 2. The first kappa shape index (κ1) is 36.6. The Morgan fingerprint density at radius 2 is 1.77 bits per heavy atom. The van der Waals surface area contributed by atoms with E-state index in [0.717, 1.165) is 44.9 Å². The third-order valence-corrected chi connectivity index (χ3v) is 13.3. The first-order chi connectivity index (χ1) is 24.9. The Bertz CT molecular complexity index is 1750. The van der Waals surface area contributed by atoms with E-state index in [1.165, 1.54) is 15.9 Å². The second-order valence-electron chi connectivity index (χ2n) is 15.1. The van der Waals surface area contributed by atoms with Gasteiger partial charge in [0.2, 0.25) is 21.8 Å². The molecule has 4 amide bonds. The van der Waals surface area contributed by atoms with E-state index in [1.54, 1.807) is 12.1 Å². The van der Waals surface area contributed by atoms with Crippen LogP contribution in [0.3, 0.4) is 0 Å². The van der Waals surface area contributed by atoms with Gasteiger partial charge >= 0.3 is 6.09 Å². The second kappa shape index (κ2) is 14.9. The van der Waals surface area contributed by atoms with Gasteiger partial charge in [-0.3, -0.25) is 24.0 Å². The number of thiocarbonyl (C=S) groups is 1. The molecular weight excluding hydrogens is 712 g/mol. The van der Waals surface area contributed by atoms with Crippen LogP contribution in [-0.4, -0.2) is 88.7 Å². The van der Waals surface area contributed by atoms with Gasteiger partial charge in [-0.15, -0.1) is 0 Å². The summed E-state index contributed by atoms with van der Waals surface area (Å²) in [5, 5.41) is 9.13. The number of fused-ring (bicyclic) bond motifs is 3. The van der Waals surface area contributed by atoms with Crippen molar-refractivity contribution in [2.24, 2.45) is 5.92 Å². The van der Waals surface area contributed by atoms with Crippen LogP contribution in [0.5, 0.6) is 0 Å². The van der Waals surface area contributed by atoms with Gasteiger partial charge in [-0.05, 0) is 75.2 Å². The molecule has 0 spiro atoms. The van der Waals surface area contributed by atoms with Gasteiger partial charge in [0.1, 0.15) is 29.5 Å². The Kier molecular flexibility index (Phi) is 10.5. The van der Waals surface area contributed by atoms with Crippen LogP contribution in [0.15, 0.2) is 30.4 Å². The second-order valence-corrected chi connectivity index (χ2v) is 17.5. The fourth-order valence-electron chi connectivity index (χ4n) is 8.03. The van der Waals surface area contributed by atoms with Crippen LogP contribution < -0.4 is 20.7 Å². The minimum atomic E-state index is -3.89. The Balaban J connectivity index is 1.12. The molecule has 0 aromatic heterocycles. The predicted octanol–water partition coefficient (Wildman–Crippen LogP) is 3.03. The van der Waals surface area contributed by atoms with Gasteiger partial charge in [-0.25, -0.2) is 17.6 Å². The van der Waals surface area contributed by atoms with Gasteiger partial charge in [-0.1, -0.05) is 50.0 Å². The van der Waals surface area contributed by atoms with E-state index in [1.807, 2.05) is 12.2 Å². The summed E-state index contributed by atoms with van der Waals surface area (Å²) in [5.74, 6) is -2.66. The zero-order valence-electron chi connectivity index (χ0n) is 29.1. The molecular formula is C36H47FN6O7S2. The molecule has 1 aromatic rings. The van der Waals surface area contributed by atoms with E-state index in [4.69, 9.17) is 17.0 Å². The molecule has 6 aliphatic rings. The molecule has 7 rings (SSSR count). The maximum atomic E-state index is 14.5. The SMILES string of the molecule is O=C1N[C@]2(C(=O)NS(=O)(=O)C3CC3)C[C@H]2C=CCCCCC[C@H](NC(=S)NC2CCCC2)C(=O)N2C[C@H](OC(=O)N3Cc4cccc(F)c4C3)C[C@@H]12. The standard InChI is InChI=1S/C36H47FN6O7S2/c37-28-13-8-9-22-19-42(21-27(22)28)35(47)50-25-17-30-31(44)40-36(33(46)41-52(48,49)26-15-16-26)18-23(36)10-4-2-1-3-5-14-29(32(45)43(30)20-25)39-34(51)38-24-11-6-7-12-24/h4,8-10,13,23-26,29-30H,1-3,5-7,11-12,14-21H2,(H,40,44)(H,41,46)(H2,38,39,51)/t23-,25-,29+,30+,36-/m1/s1. The van der Waals surface area contributed by atoms with Crippen molar-refractivity contribution in [3.05, 3.63) is 47.3 Å². The van der Waals surface area contributed by atoms with Crippen LogP contribution in [0.4, 0.5) is 9.18 Å². The molecule has 1 saturated heterocycles. The molecule has 13 nitrogen and oxygen atoms in total. The van der Waals surface area contributed by atoms with Crippen molar-refractivity contribution in [1.82, 2.24) is 30.5 Å². The fourth-order valence-corrected chi connectivity index (χ4v) is 9.70. The third kappa shape index (κ3) is 7.92. The monoisotopic (exact) mass is 758 g/mol. The number of allylic oxidation sites excluding steroid dienone is 1. The van der Waals surface area contributed by atoms with Crippen molar-refractivity contribution in [3.63, 3.8) is 0 Å². The highest BCUT2D eigenvalue weighted by atomic mass is 32.2. The summed E-state index contributed by atoms with van der Waals surface area (Å²) in [6, 6.07) is 3.01. The molecule has 3 aliphatic heterocycles. The number of sulfonamides is 1. The molecule has 3 saturated carbocycles. The lowest BCUT2D eigenvalue weighted by molar-refractivity contribution is -0.141. The number of carbonyl (C=O) groups excluding carboxylic acids is 4. The van der Waals surface area contributed by atoms with Crippen molar-refractivity contribution in [1.29, 1.82) is 0 Å². The van der Waals surface area contributed by atoms with Gasteiger partial charge in [0.05, 0.1) is 18.3 Å². The van der Waals surface area contributed by atoms with Crippen molar-refractivity contribution in [2.45, 2.75) is 132 Å². The number of ether oxygens (including phenoxy) is 1. The van der Waals surface area contributed by atoms with Crippen molar-refractivity contribution in [2.75, 3.05) is 6.54 Å². The summed E-state index contributed by atoms with van der Waals surface area (Å²) in [4.78, 5) is 58.5. The highest BCUT2D eigenvalue weighted by Gasteiger charge is 2.62. The molecule has 0 bridgehead atoms.